The maximum Gasteiger partial charge on any atom is 0.236 e. The van der Waals surface area contributed by atoms with Crippen molar-refractivity contribution in [2.45, 2.75) is 65.3 Å². The molecule has 0 radical (unpaired) electrons. The van der Waals surface area contributed by atoms with Gasteiger partial charge in [-0.2, -0.15) is 0 Å². The van der Waals surface area contributed by atoms with Gasteiger partial charge in [0.25, 0.3) is 0 Å². The van der Waals surface area contributed by atoms with Crippen LogP contribution in [0.5, 0.6) is 0 Å². The fourth-order valence-corrected chi connectivity index (χ4v) is 3.09. The molecule has 1 aliphatic carbocycles. The Labute approximate surface area is 112 Å². The molecule has 1 unspecified atom stereocenters. The van der Waals surface area contributed by atoms with E-state index in [-0.39, 0.29) is 5.91 Å². The molecular formula is C15H30N2O. The van der Waals surface area contributed by atoms with Crippen molar-refractivity contribution in [3.63, 3.8) is 0 Å². The second kappa shape index (κ2) is 8.52. The first-order valence-electron chi connectivity index (χ1n) is 7.74. The van der Waals surface area contributed by atoms with Gasteiger partial charge in [0.15, 0.2) is 0 Å². The zero-order chi connectivity index (χ0) is 13.4. The van der Waals surface area contributed by atoms with Crippen LogP contribution in [0.25, 0.3) is 0 Å². The minimum atomic E-state index is 0.245. The second-order valence-electron chi connectivity index (χ2n) is 5.36. The molecule has 1 atom stereocenters. The lowest BCUT2D eigenvalue weighted by molar-refractivity contribution is -0.130. The quantitative estimate of drug-likeness (QED) is 0.757. The maximum atomic E-state index is 12.0. The van der Waals surface area contributed by atoms with Crippen LogP contribution in [0.2, 0.25) is 0 Å². The predicted octanol–water partition coefficient (Wildman–Crippen LogP) is 2.80. The number of likely N-dealkylation sites (N-methyl/N-ethyl adjacent to an activating group) is 1. The van der Waals surface area contributed by atoms with Gasteiger partial charge < -0.3 is 10.2 Å². The van der Waals surface area contributed by atoms with Gasteiger partial charge in [-0.15, -0.1) is 0 Å². The molecule has 18 heavy (non-hydrogen) atoms. The van der Waals surface area contributed by atoms with E-state index in [4.69, 9.17) is 0 Å². The van der Waals surface area contributed by atoms with Crippen LogP contribution in [0, 0.1) is 5.92 Å². The summed E-state index contributed by atoms with van der Waals surface area (Å²) >= 11 is 0. The highest BCUT2D eigenvalue weighted by Crippen LogP contribution is 2.27. The lowest BCUT2D eigenvalue weighted by atomic mass is 9.83. The Morgan fingerprint density at radius 2 is 1.78 bits per heavy atom. The SMILES string of the molecule is CCC(NCC(=O)N(CC)CC)C1CCCCC1. The summed E-state index contributed by atoms with van der Waals surface area (Å²) in [7, 11) is 0. The molecule has 1 fully saturated rings. The van der Waals surface area contributed by atoms with Gasteiger partial charge >= 0.3 is 0 Å². The third kappa shape index (κ3) is 4.60. The first-order chi connectivity index (χ1) is 8.72. The molecular weight excluding hydrogens is 224 g/mol. The molecule has 1 N–H and O–H groups in total. The number of amides is 1. The highest BCUT2D eigenvalue weighted by atomic mass is 16.2. The third-order valence-electron chi connectivity index (χ3n) is 4.29. The molecule has 0 aromatic rings. The van der Waals surface area contributed by atoms with Gasteiger partial charge in [0.2, 0.25) is 5.91 Å². The average Bonchev–Trinajstić information content (AvgIpc) is 2.42. The number of nitrogens with one attached hydrogen (secondary N) is 1. The molecule has 0 bridgehead atoms. The van der Waals surface area contributed by atoms with Crippen molar-refractivity contribution in [1.82, 2.24) is 10.2 Å². The van der Waals surface area contributed by atoms with E-state index in [9.17, 15) is 4.79 Å². The Hall–Kier alpha value is -0.570. The normalized spacial score (nSPS) is 18.6. The van der Waals surface area contributed by atoms with E-state index < -0.39 is 0 Å². The van der Waals surface area contributed by atoms with E-state index in [0.717, 1.165) is 25.4 Å². The Bertz CT molecular complexity index is 233. The average molecular weight is 254 g/mol. The molecule has 0 heterocycles. The summed E-state index contributed by atoms with van der Waals surface area (Å²) in [6, 6.07) is 0.532. The Balaban J connectivity index is 2.36. The lowest BCUT2D eigenvalue weighted by Crippen LogP contribution is -2.44. The van der Waals surface area contributed by atoms with Gasteiger partial charge in [-0.05, 0) is 39.0 Å². The summed E-state index contributed by atoms with van der Waals surface area (Å²) in [4.78, 5) is 13.9. The fraction of sp³-hybridized carbons (Fsp3) is 0.933. The minimum Gasteiger partial charge on any atom is -0.342 e. The van der Waals surface area contributed by atoms with Crippen LogP contribution in [-0.2, 0) is 4.79 Å². The van der Waals surface area contributed by atoms with Crippen LogP contribution < -0.4 is 5.32 Å². The molecule has 1 saturated carbocycles. The number of nitrogens with zero attached hydrogens (tertiary/aromatic N) is 1. The molecule has 0 aromatic heterocycles. The lowest BCUT2D eigenvalue weighted by Gasteiger charge is -2.31. The summed E-state index contributed by atoms with van der Waals surface area (Å²) in [5, 5.41) is 3.50. The molecule has 3 heteroatoms. The van der Waals surface area contributed by atoms with Gasteiger partial charge in [-0.25, -0.2) is 0 Å². The van der Waals surface area contributed by atoms with Crippen molar-refractivity contribution in [2.75, 3.05) is 19.6 Å². The van der Waals surface area contributed by atoms with E-state index in [1.54, 1.807) is 0 Å². The summed E-state index contributed by atoms with van der Waals surface area (Å²) in [6.45, 7) is 8.46. The largest absolute Gasteiger partial charge is 0.342 e. The molecule has 1 rings (SSSR count). The van der Waals surface area contributed by atoms with Crippen molar-refractivity contribution in [3.8, 4) is 0 Å². The topological polar surface area (TPSA) is 32.3 Å². The van der Waals surface area contributed by atoms with Gasteiger partial charge in [0.05, 0.1) is 6.54 Å². The Morgan fingerprint density at radius 3 is 2.28 bits per heavy atom. The molecule has 0 saturated heterocycles. The number of carbonyl (C=O) groups is 1. The summed E-state index contributed by atoms with van der Waals surface area (Å²) in [6.07, 6.45) is 7.94. The number of rotatable bonds is 7. The summed E-state index contributed by atoms with van der Waals surface area (Å²) in [5.74, 6) is 1.03. The molecule has 0 aliphatic heterocycles. The molecule has 0 spiro atoms. The highest BCUT2D eigenvalue weighted by Gasteiger charge is 2.22. The van der Waals surface area contributed by atoms with Crippen LogP contribution >= 0.6 is 0 Å². The Kier molecular flexibility index (Phi) is 7.33. The van der Waals surface area contributed by atoms with E-state index in [0.29, 0.717) is 12.6 Å². The van der Waals surface area contributed by atoms with E-state index >= 15 is 0 Å². The van der Waals surface area contributed by atoms with Gasteiger partial charge in [-0.1, -0.05) is 26.2 Å². The smallest absolute Gasteiger partial charge is 0.236 e. The van der Waals surface area contributed by atoms with Crippen LogP contribution in [0.15, 0.2) is 0 Å². The van der Waals surface area contributed by atoms with Gasteiger partial charge in [0.1, 0.15) is 0 Å². The van der Waals surface area contributed by atoms with Crippen molar-refractivity contribution in [3.05, 3.63) is 0 Å². The first-order valence-corrected chi connectivity index (χ1v) is 7.74. The van der Waals surface area contributed by atoms with Crippen molar-refractivity contribution in [1.29, 1.82) is 0 Å². The highest BCUT2D eigenvalue weighted by molar-refractivity contribution is 5.78. The van der Waals surface area contributed by atoms with Gasteiger partial charge in [0, 0.05) is 19.1 Å². The Morgan fingerprint density at radius 1 is 1.17 bits per heavy atom. The van der Waals surface area contributed by atoms with Crippen LogP contribution in [-0.4, -0.2) is 36.5 Å². The standard InChI is InChI=1S/C15H30N2O/c1-4-14(13-10-8-7-9-11-13)16-12-15(18)17(5-2)6-3/h13-14,16H,4-12H2,1-3H3. The van der Waals surface area contributed by atoms with E-state index in [1.165, 1.54) is 32.1 Å². The van der Waals surface area contributed by atoms with E-state index in [1.807, 2.05) is 18.7 Å². The van der Waals surface area contributed by atoms with Crippen molar-refractivity contribution < 1.29 is 4.79 Å². The second-order valence-corrected chi connectivity index (χ2v) is 5.36. The van der Waals surface area contributed by atoms with Crippen LogP contribution in [0.1, 0.15) is 59.3 Å². The van der Waals surface area contributed by atoms with Crippen LogP contribution in [0.4, 0.5) is 0 Å². The zero-order valence-electron chi connectivity index (χ0n) is 12.4. The number of carbonyl (C=O) groups excluding carboxylic acids is 1. The van der Waals surface area contributed by atoms with Gasteiger partial charge in [-0.3, -0.25) is 4.79 Å². The number of hydrogen-bond acceptors (Lipinski definition) is 2. The third-order valence-corrected chi connectivity index (χ3v) is 4.29. The van der Waals surface area contributed by atoms with Crippen molar-refractivity contribution >= 4 is 5.91 Å². The minimum absolute atomic E-state index is 0.245. The van der Waals surface area contributed by atoms with Crippen molar-refractivity contribution in [2.24, 2.45) is 5.92 Å². The summed E-state index contributed by atoms with van der Waals surface area (Å²) < 4.78 is 0. The summed E-state index contributed by atoms with van der Waals surface area (Å²) in [5.41, 5.74) is 0. The number of hydrogen-bond donors (Lipinski definition) is 1. The maximum absolute atomic E-state index is 12.0. The monoisotopic (exact) mass is 254 g/mol. The van der Waals surface area contributed by atoms with E-state index in [2.05, 4.69) is 12.2 Å². The molecule has 106 valence electrons. The molecule has 1 amide bonds. The predicted molar refractivity (Wildman–Crippen MR) is 76.6 cm³/mol. The fourth-order valence-electron chi connectivity index (χ4n) is 3.09. The van der Waals surface area contributed by atoms with Crippen LogP contribution in [0.3, 0.4) is 0 Å². The molecule has 1 aliphatic rings. The molecule has 3 nitrogen and oxygen atoms in total. The zero-order valence-corrected chi connectivity index (χ0v) is 12.4. The first kappa shape index (κ1) is 15.5. The molecule has 0 aromatic carbocycles.